The molecule has 1 fully saturated rings. The van der Waals surface area contributed by atoms with E-state index < -0.39 is 0 Å². The van der Waals surface area contributed by atoms with Crippen LogP contribution in [0.15, 0.2) is 0 Å². The van der Waals surface area contributed by atoms with Crippen LogP contribution < -0.4 is 5.32 Å². The minimum absolute atomic E-state index is 0.444. The number of nitrogens with zero attached hydrogens (tertiary/aromatic N) is 1. The molecule has 84 valence electrons. The van der Waals surface area contributed by atoms with Gasteiger partial charge in [-0.2, -0.15) is 0 Å². The Kier molecular flexibility index (Phi) is 4.39. The Morgan fingerprint density at radius 2 is 1.93 bits per heavy atom. The minimum atomic E-state index is 0.444. The van der Waals surface area contributed by atoms with E-state index in [0.717, 1.165) is 12.5 Å². The summed E-state index contributed by atoms with van der Waals surface area (Å²) >= 11 is 0. The lowest BCUT2D eigenvalue weighted by molar-refractivity contribution is 0.167. The summed E-state index contributed by atoms with van der Waals surface area (Å²) in [6, 6.07) is 0. The monoisotopic (exact) mass is 198 g/mol. The van der Waals surface area contributed by atoms with Crippen LogP contribution in [0.2, 0.25) is 0 Å². The molecule has 1 rings (SSSR count). The molecule has 0 amide bonds. The fraction of sp³-hybridized carbons (Fsp3) is 1.00. The Balaban J connectivity index is 2.34. The van der Waals surface area contributed by atoms with Crippen LogP contribution in [0.5, 0.6) is 0 Å². The lowest BCUT2D eigenvalue weighted by Gasteiger charge is -2.32. The van der Waals surface area contributed by atoms with E-state index in [0.29, 0.717) is 5.41 Å². The Morgan fingerprint density at radius 3 is 2.57 bits per heavy atom. The zero-order valence-corrected chi connectivity index (χ0v) is 10.3. The largest absolute Gasteiger partial charge is 0.315 e. The maximum atomic E-state index is 3.45. The Bertz CT molecular complexity index is 152. The summed E-state index contributed by atoms with van der Waals surface area (Å²) in [5.41, 5.74) is 0.444. The summed E-state index contributed by atoms with van der Waals surface area (Å²) in [5.74, 6) is 0.778. The van der Waals surface area contributed by atoms with Gasteiger partial charge in [-0.1, -0.05) is 27.7 Å². The second kappa shape index (κ2) is 5.13. The van der Waals surface area contributed by atoms with Gasteiger partial charge in [0.1, 0.15) is 0 Å². The van der Waals surface area contributed by atoms with Crippen LogP contribution in [-0.2, 0) is 0 Å². The summed E-state index contributed by atoms with van der Waals surface area (Å²) in [5, 5.41) is 3.45. The first-order valence-corrected chi connectivity index (χ1v) is 5.93. The van der Waals surface area contributed by atoms with Gasteiger partial charge in [0, 0.05) is 19.6 Å². The first kappa shape index (κ1) is 12.0. The van der Waals surface area contributed by atoms with Crippen molar-refractivity contribution >= 4 is 0 Å². The second-order valence-electron chi connectivity index (χ2n) is 5.67. The third-order valence-electron chi connectivity index (χ3n) is 3.44. The molecule has 2 nitrogen and oxygen atoms in total. The molecule has 1 aliphatic rings. The number of nitrogens with one attached hydrogen (secondary N) is 1. The van der Waals surface area contributed by atoms with E-state index in [1.807, 2.05) is 0 Å². The summed E-state index contributed by atoms with van der Waals surface area (Å²) in [7, 11) is 0. The zero-order chi connectivity index (χ0) is 10.6. The predicted molar refractivity (Wildman–Crippen MR) is 62.5 cm³/mol. The first-order valence-electron chi connectivity index (χ1n) is 5.93. The van der Waals surface area contributed by atoms with Gasteiger partial charge < -0.3 is 10.2 Å². The predicted octanol–water partition coefficient (Wildman–Crippen LogP) is 1.96. The van der Waals surface area contributed by atoms with E-state index in [-0.39, 0.29) is 0 Å². The van der Waals surface area contributed by atoms with Crippen molar-refractivity contribution < 1.29 is 0 Å². The standard InChI is InChI=1S/C12H26N2/c1-11(12(2,3)4)10-14-8-5-6-13-7-9-14/h11,13H,5-10H2,1-4H3. The fourth-order valence-electron chi connectivity index (χ4n) is 1.75. The van der Waals surface area contributed by atoms with E-state index >= 15 is 0 Å². The molecule has 0 aromatic heterocycles. The van der Waals surface area contributed by atoms with Gasteiger partial charge in [0.2, 0.25) is 0 Å². The Hall–Kier alpha value is -0.0800. The molecule has 2 heteroatoms. The maximum absolute atomic E-state index is 3.45. The highest BCUT2D eigenvalue weighted by molar-refractivity contribution is 4.75. The molecule has 1 saturated heterocycles. The van der Waals surface area contributed by atoms with Gasteiger partial charge in [0.25, 0.3) is 0 Å². The summed E-state index contributed by atoms with van der Waals surface area (Å²) < 4.78 is 0. The van der Waals surface area contributed by atoms with Crippen LogP contribution in [0.4, 0.5) is 0 Å². The second-order valence-corrected chi connectivity index (χ2v) is 5.67. The van der Waals surface area contributed by atoms with Crippen molar-refractivity contribution in [3.8, 4) is 0 Å². The Labute approximate surface area is 89.1 Å². The van der Waals surface area contributed by atoms with Crippen LogP contribution in [0.3, 0.4) is 0 Å². The van der Waals surface area contributed by atoms with Crippen molar-refractivity contribution in [3.63, 3.8) is 0 Å². The summed E-state index contributed by atoms with van der Waals surface area (Å²) in [4.78, 5) is 2.61. The highest BCUT2D eigenvalue weighted by atomic mass is 15.2. The quantitative estimate of drug-likeness (QED) is 0.730. The van der Waals surface area contributed by atoms with Crippen LogP contribution in [0.1, 0.15) is 34.1 Å². The van der Waals surface area contributed by atoms with Gasteiger partial charge in [-0.25, -0.2) is 0 Å². The average Bonchev–Trinajstić information content (AvgIpc) is 2.31. The van der Waals surface area contributed by atoms with E-state index in [1.165, 1.54) is 32.6 Å². The molecule has 0 radical (unpaired) electrons. The third kappa shape index (κ3) is 3.97. The minimum Gasteiger partial charge on any atom is -0.315 e. The molecule has 0 aromatic rings. The van der Waals surface area contributed by atoms with Crippen LogP contribution >= 0.6 is 0 Å². The van der Waals surface area contributed by atoms with Crippen molar-refractivity contribution in [2.24, 2.45) is 11.3 Å². The SMILES string of the molecule is CC(CN1CCCNCC1)C(C)(C)C. The zero-order valence-electron chi connectivity index (χ0n) is 10.3. The molecule has 0 bridgehead atoms. The van der Waals surface area contributed by atoms with Crippen LogP contribution in [0, 0.1) is 11.3 Å². The normalized spacial score (nSPS) is 23.1. The molecular formula is C12H26N2. The van der Waals surface area contributed by atoms with Gasteiger partial charge in [-0.3, -0.25) is 0 Å². The van der Waals surface area contributed by atoms with Crippen molar-refractivity contribution in [1.82, 2.24) is 10.2 Å². The molecular weight excluding hydrogens is 172 g/mol. The van der Waals surface area contributed by atoms with Crippen LogP contribution in [-0.4, -0.2) is 37.6 Å². The molecule has 14 heavy (non-hydrogen) atoms. The molecule has 1 atom stereocenters. The molecule has 0 saturated carbocycles. The van der Waals surface area contributed by atoms with E-state index in [9.17, 15) is 0 Å². The van der Waals surface area contributed by atoms with Crippen LogP contribution in [0.25, 0.3) is 0 Å². The molecule has 1 heterocycles. The maximum Gasteiger partial charge on any atom is 0.0107 e. The molecule has 1 unspecified atom stereocenters. The van der Waals surface area contributed by atoms with Gasteiger partial charge in [-0.05, 0) is 30.8 Å². The average molecular weight is 198 g/mol. The van der Waals surface area contributed by atoms with E-state index in [4.69, 9.17) is 0 Å². The van der Waals surface area contributed by atoms with Gasteiger partial charge in [-0.15, -0.1) is 0 Å². The summed E-state index contributed by atoms with van der Waals surface area (Å²) in [6.45, 7) is 15.5. The molecule has 1 N–H and O–H groups in total. The molecule has 0 aliphatic carbocycles. The highest BCUT2D eigenvalue weighted by Gasteiger charge is 2.22. The molecule has 0 aromatic carbocycles. The number of hydrogen-bond acceptors (Lipinski definition) is 2. The van der Waals surface area contributed by atoms with Crippen molar-refractivity contribution in [3.05, 3.63) is 0 Å². The lowest BCUT2D eigenvalue weighted by Crippen LogP contribution is -2.36. The lowest BCUT2D eigenvalue weighted by atomic mass is 9.82. The topological polar surface area (TPSA) is 15.3 Å². The van der Waals surface area contributed by atoms with Crippen molar-refractivity contribution in [2.45, 2.75) is 34.1 Å². The van der Waals surface area contributed by atoms with Gasteiger partial charge in [0.05, 0.1) is 0 Å². The third-order valence-corrected chi connectivity index (χ3v) is 3.44. The molecule has 1 aliphatic heterocycles. The Morgan fingerprint density at radius 1 is 1.21 bits per heavy atom. The first-order chi connectivity index (χ1) is 6.50. The smallest absolute Gasteiger partial charge is 0.0107 e. The number of hydrogen-bond donors (Lipinski definition) is 1. The fourth-order valence-corrected chi connectivity index (χ4v) is 1.75. The van der Waals surface area contributed by atoms with Gasteiger partial charge >= 0.3 is 0 Å². The van der Waals surface area contributed by atoms with Crippen molar-refractivity contribution in [2.75, 3.05) is 32.7 Å². The highest BCUT2D eigenvalue weighted by Crippen LogP contribution is 2.26. The van der Waals surface area contributed by atoms with E-state index in [2.05, 4.69) is 37.9 Å². The summed E-state index contributed by atoms with van der Waals surface area (Å²) in [6.07, 6.45) is 1.30. The number of rotatable bonds is 2. The molecule has 0 spiro atoms. The van der Waals surface area contributed by atoms with Gasteiger partial charge in [0.15, 0.2) is 0 Å². The van der Waals surface area contributed by atoms with E-state index in [1.54, 1.807) is 0 Å². The van der Waals surface area contributed by atoms with Crippen molar-refractivity contribution in [1.29, 1.82) is 0 Å².